The molecule has 2 aromatic heterocycles. The van der Waals surface area contributed by atoms with Crippen molar-refractivity contribution in [1.82, 2.24) is 9.55 Å². The highest BCUT2D eigenvalue weighted by atomic mass is 35.5. The van der Waals surface area contributed by atoms with Crippen molar-refractivity contribution in [2.24, 2.45) is 0 Å². The Balaban J connectivity index is 1.65. The molecule has 2 aliphatic rings. The van der Waals surface area contributed by atoms with E-state index in [4.69, 9.17) is 26.1 Å². The summed E-state index contributed by atoms with van der Waals surface area (Å²) < 4.78 is 12.4. The van der Waals surface area contributed by atoms with Crippen LogP contribution < -0.4 is 10.3 Å². The average Bonchev–Trinajstić information content (AvgIpc) is 3.22. The molecule has 180 valence electrons. The summed E-state index contributed by atoms with van der Waals surface area (Å²) in [5.74, 6) is -0.207. The second kappa shape index (κ2) is 8.32. The number of aromatic nitrogens is 2. The number of nitrogens with zero attached hydrogens (tertiary/aromatic N) is 2. The van der Waals surface area contributed by atoms with E-state index in [2.05, 4.69) is 6.58 Å². The van der Waals surface area contributed by atoms with Gasteiger partial charge in [-0.25, -0.2) is 9.78 Å². The Labute approximate surface area is 205 Å². The molecule has 0 spiro atoms. The van der Waals surface area contributed by atoms with E-state index in [-0.39, 0.29) is 41.9 Å². The molecule has 0 saturated carbocycles. The zero-order valence-corrected chi connectivity index (χ0v) is 20.1. The van der Waals surface area contributed by atoms with Crippen LogP contribution in [0.5, 0.6) is 5.75 Å². The van der Waals surface area contributed by atoms with Gasteiger partial charge in [0.1, 0.15) is 19.0 Å². The van der Waals surface area contributed by atoms with E-state index in [9.17, 15) is 19.5 Å². The van der Waals surface area contributed by atoms with Crippen LogP contribution in [-0.4, -0.2) is 32.5 Å². The van der Waals surface area contributed by atoms with E-state index in [1.165, 1.54) is 0 Å². The molecule has 0 amide bonds. The lowest BCUT2D eigenvalue weighted by Crippen LogP contribution is -2.44. The van der Waals surface area contributed by atoms with Crippen LogP contribution in [0.15, 0.2) is 41.2 Å². The molecule has 0 unspecified atom stereocenters. The number of hydrogen-bond donors (Lipinski definition) is 1. The summed E-state index contributed by atoms with van der Waals surface area (Å²) in [4.78, 5) is 41.8. The number of halogens is 1. The second-order valence-electron chi connectivity index (χ2n) is 8.72. The van der Waals surface area contributed by atoms with Gasteiger partial charge in [-0.05, 0) is 54.3 Å². The minimum Gasteiger partial charge on any atom is -0.489 e. The van der Waals surface area contributed by atoms with Gasteiger partial charge in [0.25, 0.3) is 10.8 Å². The molecule has 1 atom stereocenters. The third-order valence-electron chi connectivity index (χ3n) is 6.82. The maximum atomic E-state index is 13.4. The van der Waals surface area contributed by atoms with Crippen molar-refractivity contribution < 1.29 is 24.2 Å². The number of carbonyl (C=O) groups is 2. The van der Waals surface area contributed by atoms with E-state index in [1.54, 1.807) is 23.6 Å². The molecule has 1 N–H and O–H groups in total. The fraction of sp³-hybridized carbons (Fsp3) is 0.308. The maximum Gasteiger partial charge on any atom is 0.343 e. The standard InChI is InChI=1S/C26H23ClN2O6/c1-4-15-16-8-14(34-11-13(3)23(27)30)6-7-20(16)28-22-17(15)10-29-21(22)9-19-18(24(29)31)12-35-25(32)26(19,33)5-2/h6-9,33H,3-5,10-12H2,1-2H3/t26-/m0/s1. The van der Waals surface area contributed by atoms with Gasteiger partial charge >= 0.3 is 5.97 Å². The van der Waals surface area contributed by atoms with E-state index in [0.29, 0.717) is 35.6 Å². The Morgan fingerprint density at radius 3 is 2.74 bits per heavy atom. The molecule has 0 saturated heterocycles. The number of fused-ring (bicyclic) bond motifs is 5. The van der Waals surface area contributed by atoms with Gasteiger partial charge in [0.15, 0.2) is 5.60 Å². The molecule has 2 aliphatic heterocycles. The molecular weight excluding hydrogens is 472 g/mol. The number of benzene rings is 1. The summed E-state index contributed by atoms with van der Waals surface area (Å²) in [6, 6.07) is 7.12. The third-order valence-corrected chi connectivity index (χ3v) is 7.09. The molecule has 1 aromatic carbocycles. The Hall–Kier alpha value is -3.49. The second-order valence-corrected chi connectivity index (χ2v) is 9.06. The van der Waals surface area contributed by atoms with Crippen LogP contribution in [0.3, 0.4) is 0 Å². The molecule has 35 heavy (non-hydrogen) atoms. The number of rotatable bonds is 6. The van der Waals surface area contributed by atoms with E-state index < -0.39 is 16.8 Å². The molecule has 0 bridgehead atoms. The Kier molecular flexibility index (Phi) is 5.53. The lowest BCUT2D eigenvalue weighted by atomic mass is 9.86. The first kappa shape index (κ1) is 23.3. The fourth-order valence-corrected chi connectivity index (χ4v) is 4.92. The number of ether oxygens (including phenoxy) is 2. The van der Waals surface area contributed by atoms with Gasteiger partial charge in [0, 0.05) is 22.1 Å². The smallest absolute Gasteiger partial charge is 0.343 e. The summed E-state index contributed by atoms with van der Waals surface area (Å²) >= 11 is 5.44. The molecule has 0 radical (unpaired) electrons. The molecule has 3 aromatic rings. The summed E-state index contributed by atoms with van der Waals surface area (Å²) in [7, 11) is 0. The van der Waals surface area contributed by atoms with E-state index in [0.717, 1.165) is 16.5 Å². The quantitative estimate of drug-likeness (QED) is 0.249. The lowest BCUT2D eigenvalue weighted by Gasteiger charge is -2.31. The van der Waals surface area contributed by atoms with Crippen LogP contribution in [0.4, 0.5) is 0 Å². The predicted molar refractivity (Wildman–Crippen MR) is 129 cm³/mol. The van der Waals surface area contributed by atoms with Crippen molar-refractivity contribution in [1.29, 1.82) is 0 Å². The predicted octanol–water partition coefficient (Wildman–Crippen LogP) is 3.34. The van der Waals surface area contributed by atoms with Crippen LogP contribution in [0, 0.1) is 0 Å². The van der Waals surface area contributed by atoms with Crippen LogP contribution in [0.2, 0.25) is 0 Å². The van der Waals surface area contributed by atoms with Gasteiger partial charge in [-0.3, -0.25) is 9.59 Å². The molecule has 9 heteroatoms. The van der Waals surface area contributed by atoms with Crippen LogP contribution in [0.1, 0.15) is 42.5 Å². The van der Waals surface area contributed by atoms with E-state index in [1.807, 2.05) is 19.1 Å². The largest absolute Gasteiger partial charge is 0.489 e. The zero-order chi connectivity index (χ0) is 25.1. The summed E-state index contributed by atoms with van der Waals surface area (Å²) in [6.07, 6.45) is 0.769. The number of carbonyl (C=O) groups excluding carboxylic acids is 2. The molecule has 0 aliphatic carbocycles. The Morgan fingerprint density at radius 1 is 1.29 bits per heavy atom. The minimum atomic E-state index is -1.86. The molecule has 0 fully saturated rings. The summed E-state index contributed by atoms with van der Waals surface area (Å²) in [5, 5.41) is 11.3. The topological polar surface area (TPSA) is 108 Å². The number of hydrogen-bond acceptors (Lipinski definition) is 7. The minimum absolute atomic E-state index is 0.0266. The number of pyridine rings is 2. The number of aliphatic hydroxyl groups is 1. The molecule has 8 nitrogen and oxygen atoms in total. The van der Waals surface area contributed by atoms with Gasteiger partial charge in [0.2, 0.25) is 0 Å². The van der Waals surface area contributed by atoms with Crippen molar-refractivity contribution >= 4 is 33.7 Å². The van der Waals surface area contributed by atoms with Gasteiger partial charge in [0.05, 0.1) is 29.0 Å². The van der Waals surface area contributed by atoms with Gasteiger partial charge in [-0.15, -0.1) is 0 Å². The fourth-order valence-electron chi connectivity index (χ4n) is 4.86. The number of cyclic esters (lactones) is 1. The summed E-state index contributed by atoms with van der Waals surface area (Å²) in [6.45, 7) is 7.43. The lowest BCUT2D eigenvalue weighted by molar-refractivity contribution is -0.172. The van der Waals surface area contributed by atoms with Crippen LogP contribution >= 0.6 is 11.6 Å². The number of aryl methyl sites for hydroxylation is 1. The zero-order valence-electron chi connectivity index (χ0n) is 19.3. The SMILES string of the molecule is C=C(COc1ccc2nc3c(c(CC)c2c1)Cn1c-3cc2c(c1=O)COC(=O)[C@]2(O)CC)C(=O)Cl. The van der Waals surface area contributed by atoms with Gasteiger partial charge in [-0.1, -0.05) is 20.4 Å². The molecular formula is C26H23ClN2O6. The third kappa shape index (κ3) is 3.47. The molecule has 4 heterocycles. The Morgan fingerprint density at radius 2 is 2.06 bits per heavy atom. The average molecular weight is 495 g/mol. The first-order chi connectivity index (χ1) is 16.7. The van der Waals surface area contributed by atoms with Crippen LogP contribution in [0.25, 0.3) is 22.3 Å². The van der Waals surface area contributed by atoms with Crippen molar-refractivity contribution in [3.63, 3.8) is 0 Å². The first-order valence-electron chi connectivity index (χ1n) is 11.3. The van der Waals surface area contributed by atoms with Crippen molar-refractivity contribution in [3.05, 3.63) is 69.0 Å². The highest BCUT2D eigenvalue weighted by Crippen LogP contribution is 2.40. The first-order valence-corrected chi connectivity index (χ1v) is 11.7. The normalized spacial score (nSPS) is 18.0. The van der Waals surface area contributed by atoms with Crippen molar-refractivity contribution in [2.75, 3.05) is 6.61 Å². The van der Waals surface area contributed by atoms with Crippen molar-refractivity contribution in [3.8, 4) is 17.1 Å². The maximum absolute atomic E-state index is 13.4. The highest BCUT2D eigenvalue weighted by Gasteiger charge is 2.45. The number of esters is 1. The highest BCUT2D eigenvalue weighted by molar-refractivity contribution is 6.67. The van der Waals surface area contributed by atoms with Gasteiger partial charge < -0.3 is 19.1 Å². The molecule has 5 rings (SSSR count). The van der Waals surface area contributed by atoms with Crippen molar-refractivity contribution in [2.45, 2.75) is 45.4 Å². The van der Waals surface area contributed by atoms with Crippen LogP contribution in [-0.2, 0) is 39.5 Å². The Bertz CT molecular complexity index is 1510. The summed E-state index contributed by atoms with van der Waals surface area (Å²) in [5.41, 5.74) is 2.43. The monoisotopic (exact) mass is 494 g/mol. The van der Waals surface area contributed by atoms with E-state index >= 15 is 0 Å². The van der Waals surface area contributed by atoms with Gasteiger partial charge in [-0.2, -0.15) is 0 Å².